The maximum Gasteiger partial charge on any atom is 0.0413 e. The first-order valence-electron chi connectivity index (χ1n) is 6.25. The second-order valence-corrected chi connectivity index (χ2v) is 5.67. The van der Waals surface area contributed by atoms with Crippen LogP contribution in [0.15, 0.2) is 17.5 Å². The summed E-state index contributed by atoms with van der Waals surface area (Å²) in [5.74, 6) is 0. The molecule has 90 valence electrons. The molecule has 2 unspecified atom stereocenters. The molecule has 2 atom stereocenters. The number of thiophene rings is 1. The van der Waals surface area contributed by atoms with Crippen molar-refractivity contribution in [2.24, 2.45) is 0 Å². The van der Waals surface area contributed by atoms with E-state index in [1.807, 2.05) is 11.3 Å². The Morgan fingerprint density at radius 3 is 3.06 bits per heavy atom. The molecule has 1 aromatic rings. The van der Waals surface area contributed by atoms with Gasteiger partial charge in [0, 0.05) is 17.0 Å². The van der Waals surface area contributed by atoms with Crippen LogP contribution in [-0.2, 0) is 0 Å². The summed E-state index contributed by atoms with van der Waals surface area (Å²) < 4.78 is 0. The monoisotopic (exact) mass is 238 g/mol. The highest BCUT2D eigenvalue weighted by Gasteiger charge is 2.22. The highest BCUT2D eigenvalue weighted by Crippen LogP contribution is 2.27. The highest BCUT2D eigenvalue weighted by molar-refractivity contribution is 7.10. The van der Waals surface area contributed by atoms with Crippen molar-refractivity contribution < 1.29 is 0 Å². The number of hydrogen-bond donors (Lipinski definition) is 1. The van der Waals surface area contributed by atoms with Gasteiger partial charge in [-0.05, 0) is 57.8 Å². The van der Waals surface area contributed by atoms with Crippen LogP contribution in [0.3, 0.4) is 0 Å². The van der Waals surface area contributed by atoms with Gasteiger partial charge in [0.05, 0.1) is 0 Å². The van der Waals surface area contributed by atoms with Crippen LogP contribution in [0.4, 0.5) is 0 Å². The van der Waals surface area contributed by atoms with Crippen molar-refractivity contribution in [1.29, 1.82) is 0 Å². The van der Waals surface area contributed by atoms with Crippen LogP contribution in [0, 0.1) is 0 Å². The molecule has 0 saturated carbocycles. The van der Waals surface area contributed by atoms with Crippen molar-refractivity contribution in [3.8, 4) is 0 Å². The lowest BCUT2D eigenvalue weighted by Crippen LogP contribution is -2.34. The Bertz CT molecular complexity index is 289. The number of nitrogens with one attached hydrogen (secondary N) is 1. The van der Waals surface area contributed by atoms with Crippen LogP contribution in [0.5, 0.6) is 0 Å². The van der Waals surface area contributed by atoms with E-state index in [2.05, 4.69) is 41.7 Å². The normalized spacial score (nSPS) is 24.3. The summed E-state index contributed by atoms with van der Waals surface area (Å²) in [6.45, 7) is 4.69. The van der Waals surface area contributed by atoms with Crippen LogP contribution in [0.25, 0.3) is 0 Å². The van der Waals surface area contributed by atoms with Crippen LogP contribution >= 0.6 is 11.3 Å². The van der Waals surface area contributed by atoms with E-state index in [0.717, 1.165) is 6.04 Å². The number of nitrogens with zero attached hydrogens (tertiary/aromatic N) is 1. The van der Waals surface area contributed by atoms with Crippen molar-refractivity contribution in [3.05, 3.63) is 22.4 Å². The van der Waals surface area contributed by atoms with Crippen molar-refractivity contribution >= 4 is 11.3 Å². The Morgan fingerprint density at radius 1 is 1.44 bits per heavy atom. The molecule has 1 fully saturated rings. The van der Waals surface area contributed by atoms with Gasteiger partial charge in [-0.2, -0.15) is 0 Å². The number of hydrogen-bond acceptors (Lipinski definition) is 3. The maximum atomic E-state index is 3.48. The van der Waals surface area contributed by atoms with Gasteiger partial charge in [0.15, 0.2) is 0 Å². The average Bonchev–Trinajstić information content (AvgIpc) is 2.70. The first-order chi connectivity index (χ1) is 7.79. The fraction of sp³-hybridized carbons (Fsp3) is 0.692. The molecule has 0 aliphatic carbocycles. The molecule has 2 nitrogen and oxygen atoms in total. The Labute approximate surface area is 103 Å². The second-order valence-electron chi connectivity index (χ2n) is 4.69. The zero-order valence-electron chi connectivity index (χ0n) is 10.3. The first kappa shape index (κ1) is 12.1. The van der Waals surface area contributed by atoms with Gasteiger partial charge in [0.1, 0.15) is 0 Å². The van der Waals surface area contributed by atoms with Crippen LogP contribution < -0.4 is 5.32 Å². The van der Waals surface area contributed by atoms with E-state index >= 15 is 0 Å². The third-order valence-corrected chi connectivity index (χ3v) is 4.73. The summed E-state index contributed by atoms with van der Waals surface area (Å²) in [5, 5.41) is 5.66. The topological polar surface area (TPSA) is 15.3 Å². The van der Waals surface area contributed by atoms with Gasteiger partial charge in [-0.1, -0.05) is 6.07 Å². The second kappa shape index (κ2) is 5.80. The van der Waals surface area contributed by atoms with E-state index in [1.165, 1.54) is 37.2 Å². The lowest BCUT2D eigenvalue weighted by Gasteiger charge is -2.32. The molecule has 16 heavy (non-hydrogen) atoms. The fourth-order valence-electron chi connectivity index (χ4n) is 2.45. The van der Waals surface area contributed by atoms with Crippen molar-refractivity contribution in [2.45, 2.75) is 38.3 Å². The Hall–Kier alpha value is -0.380. The van der Waals surface area contributed by atoms with E-state index < -0.39 is 0 Å². The van der Waals surface area contributed by atoms with Crippen LogP contribution in [0.1, 0.15) is 37.1 Å². The summed E-state index contributed by atoms with van der Waals surface area (Å²) in [6.07, 6.45) is 3.93. The van der Waals surface area contributed by atoms with E-state index in [9.17, 15) is 0 Å². The summed E-state index contributed by atoms with van der Waals surface area (Å²) in [4.78, 5) is 4.04. The summed E-state index contributed by atoms with van der Waals surface area (Å²) in [5.41, 5.74) is 0. The van der Waals surface area contributed by atoms with Crippen molar-refractivity contribution in [3.63, 3.8) is 0 Å². The first-order valence-corrected chi connectivity index (χ1v) is 7.13. The van der Waals surface area contributed by atoms with Crippen molar-refractivity contribution in [1.82, 2.24) is 10.2 Å². The molecular formula is C13H22N2S. The summed E-state index contributed by atoms with van der Waals surface area (Å²) >= 11 is 1.87. The molecule has 1 N–H and O–H groups in total. The van der Waals surface area contributed by atoms with Crippen molar-refractivity contribution in [2.75, 3.05) is 20.1 Å². The third kappa shape index (κ3) is 2.84. The maximum absolute atomic E-state index is 3.48. The molecular weight excluding hydrogens is 216 g/mol. The minimum atomic E-state index is 0.558. The lowest BCUT2D eigenvalue weighted by molar-refractivity contribution is 0.173. The number of rotatable bonds is 3. The summed E-state index contributed by atoms with van der Waals surface area (Å²) in [7, 11) is 2.28. The largest absolute Gasteiger partial charge is 0.317 e. The van der Waals surface area contributed by atoms with Crippen LogP contribution in [0.2, 0.25) is 0 Å². The van der Waals surface area contributed by atoms with E-state index in [4.69, 9.17) is 0 Å². The molecule has 2 rings (SSSR count). The Kier molecular flexibility index (Phi) is 4.38. The van der Waals surface area contributed by atoms with Gasteiger partial charge >= 0.3 is 0 Å². The van der Waals surface area contributed by atoms with Gasteiger partial charge < -0.3 is 5.32 Å². The molecule has 0 bridgehead atoms. The molecule has 1 aliphatic heterocycles. The highest BCUT2D eigenvalue weighted by atomic mass is 32.1. The molecule has 0 radical (unpaired) electrons. The van der Waals surface area contributed by atoms with E-state index in [-0.39, 0.29) is 0 Å². The average molecular weight is 238 g/mol. The molecule has 1 aromatic heterocycles. The lowest BCUT2D eigenvalue weighted by atomic mass is 10.1. The molecule has 1 saturated heterocycles. The third-order valence-electron chi connectivity index (χ3n) is 3.69. The Morgan fingerprint density at radius 2 is 2.31 bits per heavy atom. The molecule has 1 aliphatic rings. The zero-order chi connectivity index (χ0) is 11.4. The minimum absolute atomic E-state index is 0.558. The zero-order valence-corrected chi connectivity index (χ0v) is 11.1. The van der Waals surface area contributed by atoms with E-state index in [1.54, 1.807) is 0 Å². The quantitative estimate of drug-likeness (QED) is 0.871. The van der Waals surface area contributed by atoms with Gasteiger partial charge in [-0.25, -0.2) is 0 Å². The Balaban J connectivity index is 1.97. The standard InChI is InChI=1S/C13H22N2S/c1-11(13-6-4-10-16-13)15(2)12-5-3-8-14-9-7-12/h4,6,10-12,14H,3,5,7-9H2,1-2H3. The smallest absolute Gasteiger partial charge is 0.0413 e. The SMILES string of the molecule is CC(c1cccs1)N(C)C1CCCNCC1. The van der Waals surface area contributed by atoms with E-state index in [0.29, 0.717) is 6.04 Å². The molecule has 3 heteroatoms. The molecule has 2 heterocycles. The van der Waals surface area contributed by atoms with Gasteiger partial charge in [-0.3, -0.25) is 4.90 Å². The van der Waals surface area contributed by atoms with Gasteiger partial charge in [-0.15, -0.1) is 11.3 Å². The molecule has 0 aromatic carbocycles. The minimum Gasteiger partial charge on any atom is -0.317 e. The predicted molar refractivity (Wildman–Crippen MR) is 71.0 cm³/mol. The van der Waals surface area contributed by atoms with Gasteiger partial charge in [0.25, 0.3) is 0 Å². The van der Waals surface area contributed by atoms with Crippen LogP contribution in [-0.4, -0.2) is 31.1 Å². The fourth-order valence-corrected chi connectivity index (χ4v) is 3.29. The molecule has 0 spiro atoms. The van der Waals surface area contributed by atoms with Gasteiger partial charge in [0.2, 0.25) is 0 Å². The predicted octanol–water partition coefficient (Wildman–Crippen LogP) is 2.88. The molecule has 0 amide bonds. The summed E-state index contributed by atoms with van der Waals surface area (Å²) in [6, 6.07) is 5.70.